The molecule has 1 atom stereocenters. The van der Waals surface area contributed by atoms with Crippen molar-refractivity contribution in [2.45, 2.75) is 18.5 Å². The van der Waals surface area contributed by atoms with E-state index in [1.165, 1.54) is 10.4 Å². The first-order valence-electron chi connectivity index (χ1n) is 21.6. The Morgan fingerprint density at radius 3 is 2.00 bits per heavy atom. The summed E-state index contributed by atoms with van der Waals surface area (Å²) in [5.74, 6) is 2.14. The van der Waals surface area contributed by atoms with Gasteiger partial charge >= 0.3 is 0 Å². The standard InChI is InChI=1S/C53H40N6OSi/c1-3-18-40(19-4-1)61(41-20-5-2-6-21-41,42-22-15-17-39(35-42)58-47-27-10-11-28-48(47)59-46-26-9-8-25-45(46)55-52(58)59)50-30-16-24-44-51(50)60-49-29-12-7-23-43(49)53(44,36-56-32-13-14-33-56)37-57-34-31-54-38-57/h1-35,38H,36-37H2/i37D2. The molecule has 0 N–H and O–H groups in total. The number of nitrogens with zero attached hydrogens (tertiary/aromatic N) is 6. The minimum atomic E-state index is -3.39. The molecule has 4 aromatic heterocycles. The summed E-state index contributed by atoms with van der Waals surface area (Å²) in [7, 11) is -3.39. The molecule has 0 saturated carbocycles. The summed E-state index contributed by atoms with van der Waals surface area (Å²) in [4.78, 5) is 9.60. The number of hydrogen-bond donors (Lipinski definition) is 0. The molecular weight excluding hydrogens is 765 g/mol. The zero-order chi connectivity index (χ0) is 42.2. The molecular formula is C53H40N6OSi. The summed E-state index contributed by atoms with van der Waals surface area (Å²) in [6.45, 7) is -1.71. The molecule has 0 aliphatic carbocycles. The third-order valence-corrected chi connectivity index (χ3v) is 17.2. The van der Waals surface area contributed by atoms with E-state index in [0.717, 1.165) is 55.0 Å². The molecule has 61 heavy (non-hydrogen) atoms. The van der Waals surface area contributed by atoms with Crippen molar-refractivity contribution in [1.29, 1.82) is 0 Å². The van der Waals surface area contributed by atoms with Crippen LogP contribution in [0.3, 0.4) is 0 Å². The molecule has 0 fully saturated rings. The van der Waals surface area contributed by atoms with Crippen molar-refractivity contribution in [3.63, 3.8) is 0 Å². The average Bonchev–Trinajstić information content (AvgIpc) is 4.17. The maximum atomic E-state index is 10.3. The van der Waals surface area contributed by atoms with Crippen molar-refractivity contribution >= 4 is 56.7 Å². The Labute approximate surface area is 356 Å². The second-order valence-electron chi connectivity index (χ2n) is 15.7. The number of imidazole rings is 3. The van der Waals surface area contributed by atoms with E-state index in [-0.39, 0.29) is 0 Å². The van der Waals surface area contributed by atoms with Crippen molar-refractivity contribution in [2.24, 2.45) is 0 Å². The van der Waals surface area contributed by atoms with Crippen LogP contribution in [0.25, 0.3) is 33.5 Å². The van der Waals surface area contributed by atoms with Crippen LogP contribution >= 0.6 is 0 Å². The van der Waals surface area contributed by atoms with E-state index in [4.69, 9.17) is 9.72 Å². The van der Waals surface area contributed by atoms with Crippen molar-refractivity contribution in [1.82, 2.24) is 28.1 Å². The molecule has 11 aromatic rings. The van der Waals surface area contributed by atoms with Gasteiger partial charge in [-0.25, -0.2) is 9.97 Å². The van der Waals surface area contributed by atoms with E-state index in [1.54, 1.807) is 23.3 Å². The van der Waals surface area contributed by atoms with Crippen LogP contribution < -0.4 is 25.5 Å². The lowest BCUT2D eigenvalue weighted by atomic mass is 9.72. The largest absolute Gasteiger partial charge is 0.457 e. The lowest BCUT2D eigenvalue weighted by molar-refractivity contribution is 0.322. The molecule has 1 aliphatic heterocycles. The van der Waals surface area contributed by atoms with Gasteiger partial charge in [0.25, 0.3) is 0 Å². The second-order valence-corrected chi connectivity index (χ2v) is 19.5. The van der Waals surface area contributed by atoms with Gasteiger partial charge in [-0.3, -0.25) is 8.97 Å². The molecule has 8 heteroatoms. The summed E-state index contributed by atoms with van der Waals surface area (Å²) in [6, 6.07) is 65.8. The first-order valence-corrected chi connectivity index (χ1v) is 22.6. The van der Waals surface area contributed by atoms with Gasteiger partial charge in [0.15, 0.2) is 8.07 Å². The maximum absolute atomic E-state index is 10.3. The number of benzene rings is 7. The van der Waals surface area contributed by atoms with Gasteiger partial charge in [0, 0.05) is 54.6 Å². The molecule has 0 amide bonds. The zero-order valence-corrected chi connectivity index (χ0v) is 34.1. The fourth-order valence-electron chi connectivity index (χ4n) is 9.89. The van der Waals surface area contributed by atoms with Crippen LogP contribution in [0, 0.1) is 0 Å². The number of ether oxygens (including phenoxy) is 1. The molecule has 0 radical (unpaired) electrons. The Bertz CT molecular complexity index is 3420. The fraction of sp³-hybridized carbons (Fsp3) is 0.0566. The van der Waals surface area contributed by atoms with Crippen molar-refractivity contribution in [3.8, 4) is 17.2 Å². The van der Waals surface area contributed by atoms with Gasteiger partial charge < -0.3 is 13.9 Å². The van der Waals surface area contributed by atoms with Crippen LogP contribution in [0.15, 0.2) is 219 Å². The minimum Gasteiger partial charge on any atom is -0.457 e. The van der Waals surface area contributed by atoms with E-state index >= 15 is 0 Å². The van der Waals surface area contributed by atoms with E-state index in [1.807, 2.05) is 54.9 Å². The smallest absolute Gasteiger partial charge is 0.220 e. The molecule has 12 rings (SSSR count). The van der Waals surface area contributed by atoms with Crippen molar-refractivity contribution < 1.29 is 7.48 Å². The molecule has 1 unspecified atom stereocenters. The van der Waals surface area contributed by atoms with E-state index in [0.29, 0.717) is 18.0 Å². The SMILES string of the molecule is [2H]C([2H])(n1ccnc1)C1(Cn2cccc2)c2ccccc2Oc2c1cccc2[Si](c1ccccc1)(c1ccccc1)c1cccc(-n2c3ccccc3n3c4ccccc4nc23)c1. The summed E-state index contributed by atoms with van der Waals surface area (Å²) < 4.78 is 36.2. The number of para-hydroxylation sites is 6. The van der Waals surface area contributed by atoms with Gasteiger partial charge in [0.1, 0.15) is 11.5 Å². The molecule has 7 aromatic carbocycles. The Morgan fingerprint density at radius 1 is 0.574 bits per heavy atom. The van der Waals surface area contributed by atoms with Crippen LogP contribution in [0.1, 0.15) is 13.9 Å². The van der Waals surface area contributed by atoms with Gasteiger partial charge in [-0.05, 0) is 75.3 Å². The fourth-order valence-corrected chi connectivity index (χ4v) is 14.8. The zero-order valence-electron chi connectivity index (χ0n) is 35.1. The van der Waals surface area contributed by atoms with E-state index in [9.17, 15) is 2.74 Å². The molecule has 292 valence electrons. The summed E-state index contributed by atoms with van der Waals surface area (Å²) in [5, 5.41) is 4.52. The van der Waals surface area contributed by atoms with Crippen LogP contribution in [-0.4, -0.2) is 36.1 Å². The van der Waals surface area contributed by atoms with Gasteiger partial charge in [-0.15, -0.1) is 0 Å². The number of hydrogen-bond acceptors (Lipinski definition) is 3. The highest BCUT2D eigenvalue weighted by atomic mass is 28.3. The lowest BCUT2D eigenvalue weighted by Gasteiger charge is -2.44. The van der Waals surface area contributed by atoms with E-state index < -0.39 is 20.0 Å². The minimum absolute atomic E-state index is 0.304. The lowest BCUT2D eigenvalue weighted by Crippen LogP contribution is -2.75. The monoisotopic (exact) mass is 806 g/mol. The number of aromatic nitrogens is 6. The summed E-state index contributed by atoms with van der Waals surface area (Å²) >= 11 is 0. The summed E-state index contributed by atoms with van der Waals surface area (Å²) in [5.41, 5.74) is 5.39. The third-order valence-electron chi connectivity index (χ3n) is 12.4. The van der Waals surface area contributed by atoms with Gasteiger partial charge in [0.05, 0.1) is 36.6 Å². The Kier molecular flexibility index (Phi) is 7.60. The second kappa shape index (κ2) is 14.0. The van der Waals surface area contributed by atoms with Crippen LogP contribution in [0.2, 0.25) is 0 Å². The topological polar surface area (TPSA) is 54.2 Å². The molecule has 0 saturated heterocycles. The van der Waals surface area contributed by atoms with Crippen LogP contribution in [0.4, 0.5) is 0 Å². The first kappa shape index (κ1) is 33.2. The number of rotatable bonds is 9. The van der Waals surface area contributed by atoms with Crippen molar-refractivity contribution in [2.75, 3.05) is 0 Å². The van der Waals surface area contributed by atoms with Gasteiger partial charge in [-0.2, -0.15) is 0 Å². The molecule has 1 aliphatic rings. The van der Waals surface area contributed by atoms with Gasteiger partial charge in [0.2, 0.25) is 5.78 Å². The predicted octanol–water partition coefficient (Wildman–Crippen LogP) is 8.60. The number of fused-ring (bicyclic) bond motifs is 7. The van der Waals surface area contributed by atoms with Gasteiger partial charge in [-0.1, -0.05) is 133 Å². The third kappa shape index (κ3) is 5.35. The van der Waals surface area contributed by atoms with E-state index in [2.05, 4.69) is 164 Å². The Balaban J connectivity index is 1.19. The first-order chi connectivity index (χ1) is 31.0. The Morgan fingerprint density at radius 2 is 1.23 bits per heavy atom. The maximum Gasteiger partial charge on any atom is 0.220 e. The van der Waals surface area contributed by atoms with Crippen LogP contribution in [0.5, 0.6) is 11.5 Å². The summed E-state index contributed by atoms with van der Waals surface area (Å²) in [6.07, 6.45) is 8.98. The quantitative estimate of drug-likeness (QED) is 0.109. The predicted molar refractivity (Wildman–Crippen MR) is 247 cm³/mol. The van der Waals surface area contributed by atoms with Crippen molar-refractivity contribution in [3.05, 3.63) is 230 Å². The molecule has 7 nitrogen and oxygen atoms in total. The highest BCUT2D eigenvalue weighted by Gasteiger charge is 2.49. The average molecular weight is 807 g/mol. The molecule has 0 spiro atoms. The normalized spacial score (nSPS) is 15.6. The molecule has 5 heterocycles. The highest BCUT2D eigenvalue weighted by molar-refractivity contribution is 7.20. The van der Waals surface area contributed by atoms with Crippen LogP contribution in [-0.2, 0) is 18.5 Å². The molecule has 0 bridgehead atoms. The Hall–Kier alpha value is -7.68. The highest BCUT2D eigenvalue weighted by Crippen LogP contribution is 2.50.